The number of aromatic nitrogens is 1. The highest BCUT2D eigenvalue weighted by Gasteiger charge is 2.17. The van der Waals surface area contributed by atoms with Crippen molar-refractivity contribution < 1.29 is 13.5 Å². The first-order valence-electron chi connectivity index (χ1n) is 3.24. The lowest BCUT2D eigenvalue weighted by atomic mass is 10.3. The molecule has 0 radical (unpaired) electrons. The van der Waals surface area contributed by atoms with Crippen LogP contribution in [0, 0.1) is 7.14 Å². The summed E-state index contributed by atoms with van der Waals surface area (Å²) in [7, 11) is 1.48. The summed E-state index contributed by atoms with van der Waals surface area (Å²) in [6.45, 7) is 0. The van der Waals surface area contributed by atoms with E-state index < -0.39 is 6.43 Å². The number of pyridine rings is 1. The van der Waals surface area contributed by atoms with Crippen molar-refractivity contribution in [2.24, 2.45) is 0 Å². The number of alkyl halides is 2. The molecule has 72 valence electrons. The van der Waals surface area contributed by atoms with Crippen molar-refractivity contribution in [3.05, 3.63) is 19.0 Å². The van der Waals surface area contributed by atoms with Gasteiger partial charge in [-0.05, 0) is 45.2 Å². The average molecular weight is 411 g/mol. The van der Waals surface area contributed by atoms with Gasteiger partial charge in [-0.2, -0.15) is 0 Å². The molecule has 1 aromatic heterocycles. The van der Waals surface area contributed by atoms with Crippen LogP contribution in [0.15, 0.2) is 6.20 Å². The van der Waals surface area contributed by atoms with Crippen molar-refractivity contribution in [3.8, 4) is 5.75 Å². The summed E-state index contributed by atoms with van der Waals surface area (Å²) in [5, 5.41) is 0. The molecule has 6 heteroatoms. The first kappa shape index (κ1) is 11.3. The highest BCUT2D eigenvalue weighted by Crippen LogP contribution is 2.31. The molecule has 0 aromatic carbocycles. The van der Waals surface area contributed by atoms with Gasteiger partial charge in [0, 0.05) is 0 Å². The van der Waals surface area contributed by atoms with Crippen LogP contribution in [0.2, 0.25) is 0 Å². The van der Waals surface area contributed by atoms with Gasteiger partial charge in [0.2, 0.25) is 0 Å². The van der Waals surface area contributed by atoms with Gasteiger partial charge in [0.1, 0.15) is 5.69 Å². The zero-order valence-corrected chi connectivity index (χ0v) is 10.8. The Bertz CT molecular complexity index is 320. The summed E-state index contributed by atoms with van der Waals surface area (Å²) in [4.78, 5) is 3.62. The van der Waals surface area contributed by atoms with Gasteiger partial charge in [0.15, 0.2) is 5.75 Å². The minimum absolute atomic E-state index is 0.189. The molecule has 0 saturated heterocycles. The van der Waals surface area contributed by atoms with Gasteiger partial charge in [0.05, 0.1) is 20.4 Å². The molecule has 1 heterocycles. The van der Waals surface area contributed by atoms with Crippen molar-refractivity contribution in [2.45, 2.75) is 6.43 Å². The minimum atomic E-state index is -2.54. The predicted octanol–water partition coefficient (Wildman–Crippen LogP) is 3.24. The summed E-state index contributed by atoms with van der Waals surface area (Å²) < 4.78 is 30.7. The van der Waals surface area contributed by atoms with E-state index in [0.29, 0.717) is 12.9 Å². The van der Waals surface area contributed by atoms with E-state index in [1.807, 2.05) is 45.2 Å². The van der Waals surface area contributed by atoms with Gasteiger partial charge in [0.25, 0.3) is 6.43 Å². The molecule has 13 heavy (non-hydrogen) atoms. The molecule has 0 spiro atoms. The molecule has 0 saturated carbocycles. The van der Waals surface area contributed by atoms with Crippen LogP contribution < -0.4 is 4.74 Å². The van der Waals surface area contributed by atoms with Crippen LogP contribution in [0.25, 0.3) is 0 Å². The Kier molecular flexibility index (Phi) is 4.07. The first-order chi connectivity index (χ1) is 6.07. The maximum atomic E-state index is 12.3. The van der Waals surface area contributed by atoms with Crippen LogP contribution in [-0.4, -0.2) is 12.1 Å². The number of rotatable bonds is 2. The SMILES string of the molecule is COc1cnc(C(F)F)c(I)c1I. The fourth-order valence-corrected chi connectivity index (χ4v) is 2.03. The van der Waals surface area contributed by atoms with E-state index in [4.69, 9.17) is 4.74 Å². The average Bonchev–Trinajstić information content (AvgIpc) is 2.09. The van der Waals surface area contributed by atoms with Crippen molar-refractivity contribution in [2.75, 3.05) is 7.11 Å². The molecule has 0 aliphatic carbocycles. The molecule has 2 nitrogen and oxygen atoms in total. The summed E-state index contributed by atoms with van der Waals surface area (Å²) in [5.74, 6) is 0.523. The van der Waals surface area contributed by atoms with Crippen LogP contribution in [-0.2, 0) is 0 Å². The second kappa shape index (κ2) is 4.67. The molecule has 1 aromatic rings. The quantitative estimate of drug-likeness (QED) is 0.698. The molecule has 0 bridgehead atoms. The van der Waals surface area contributed by atoms with Crippen molar-refractivity contribution >= 4 is 45.2 Å². The highest BCUT2D eigenvalue weighted by molar-refractivity contribution is 14.1. The summed E-state index contributed by atoms with van der Waals surface area (Å²) in [6, 6.07) is 0. The Morgan fingerprint density at radius 3 is 2.46 bits per heavy atom. The first-order valence-corrected chi connectivity index (χ1v) is 5.39. The molecule has 0 aliphatic heterocycles. The lowest BCUT2D eigenvalue weighted by molar-refractivity contribution is 0.144. The molecule has 0 unspecified atom stereocenters. The van der Waals surface area contributed by atoms with E-state index in [9.17, 15) is 8.78 Å². The topological polar surface area (TPSA) is 22.1 Å². The van der Waals surface area contributed by atoms with Gasteiger partial charge >= 0.3 is 0 Å². The van der Waals surface area contributed by atoms with Crippen molar-refractivity contribution in [1.29, 1.82) is 0 Å². The number of ether oxygens (including phenoxy) is 1. The van der Waals surface area contributed by atoms with Crippen LogP contribution in [0.5, 0.6) is 5.75 Å². The van der Waals surface area contributed by atoms with Gasteiger partial charge < -0.3 is 4.74 Å². The monoisotopic (exact) mass is 411 g/mol. The Hall–Kier alpha value is 0.270. The lowest BCUT2D eigenvalue weighted by Gasteiger charge is -2.07. The van der Waals surface area contributed by atoms with E-state index in [2.05, 4.69) is 4.98 Å². The Morgan fingerprint density at radius 1 is 1.38 bits per heavy atom. The third kappa shape index (κ3) is 2.39. The third-order valence-corrected chi connectivity index (χ3v) is 4.58. The summed E-state index contributed by atoms with van der Waals surface area (Å²) >= 11 is 3.80. The van der Waals surface area contributed by atoms with Gasteiger partial charge in [-0.15, -0.1) is 0 Å². The Labute approximate surface area is 101 Å². The largest absolute Gasteiger partial charge is 0.494 e. The number of methoxy groups -OCH3 is 1. The van der Waals surface area contributed by atoms with E-state index in [1.54, 1.807) is 0 Å². The lowest BCUT2D eigenvalue weighted by Crippen LogP contribution is -1.99. The van der Waals surface area contributed by atoms with Crippen molar-refractivity contribution in [1.82, 2.24) is 4.98 Å². The molecular weight excluding hydrogens is 406 g/mol. The van der Waals surface area contributed by atoms with E-state index in [-0.39, 0.29) is 5.69 Å². The van der Waals surface area contributed by atoms with Crippen LogP contribution in [0.4, 0.5) is 8.78 Å². The standard InChI is InChI=1S/C7H5F2I2NO/c1-13-3-2-12-6(7(8)9)5(11)4(3)10/h2,7H,1H3. The zero-order chi connectivity index (χ0) is 10.0. The van der Waals surface area contributed by atoms with Crippen LogP contribution in [0.3, 0.4) is 0 Å². The number of halogens is 4. The maximum absolute atomic E-state index is 12.3. The number of nitrogens with zero attached hydrogens (tertiary/aromatic N) is 1. The van der Waals surface area contributed by atoms with Gasteiger partial charge in [-0.3, -0.25) is 4.98 Å². The van der Waals surface area contributed by atoms with E-state index in [1.165, 1.54) is 13.3 Å². The Balaban J connectivity index is 3.23. The van der Waals surface area contributed by atoms with Crippen molar-refractivity contribution in [3.63, 3.8) is 0 Å². The van der Waals surface area contributed by atoms with E-state index >= 15 is 0 Å². The second-order valence-corrected chi connectivity index (χ2v) is 4.30. The zero-order valence-electron chi connectivity index (χ0n) is 6.52. The Morgan fingerprint density at radius 2 is 2.00 bits per heavy atom. The molecule has 0 amide bonds. The molecular formula is C7H5F2I2NO. The number of hydrogen-bond acceptors (Lipinski definition) is 2. The van der Waals surface area contributed by atoms with Crippen LogP contribution in [0.1, 0.15) is 12.1 Å². The van der Waals surface area contributed by atoms with Gasteiger partial charge in [-0.25, -0.2) is 8.78 Å². The molecule has 0 atom stereocenters. The fourth-order valence-electron chi connectivity index (χ4n) is 0.757. The van der Waals surface area contributed by atoms with Crippen LogP contribution >= 0.6 is 45.2 Å². The second-order valence-electron chi connectivity index (χ2n) is 2.14. The molecule has 1 rings (SSSR count). The minimum Gasteiger partial charge on any atom is -0.494 e. The molecule has 0 N–H and O–H groups in total. The molecule has 0 fully saturated rings. The highest BCUT2D eigenvalue weighted by atomic mass is 127. The van der Waals surface area contributed by atoms with Gasteiger partial charge in [-0.1, -0.05) is 0 Å². The van der Waals surface area contributed by atoms with E-state index in [0.717, 1.165) is 0 Å². The normalized spacial score (nSPS) is 10.6. The fraction of sp³-hybridized carbons (Fsp3) is 0.286. The number of hydrogen-bond donors (Lipinski definition) is 0. The predicted molar refractivity (Wildman–Crippen MR) is 61.2 cm³/mol. The summed E-state index contributed by atoms with van der Waals surface area (Å²) in [6.07, 6.45) is -1.22. The molecule has 0 aliphatic rings. The maximum Gasteiger partial charge on any atom is 0.281 e. The third-order valence-electron chi connectivity index (χ3n) is 1.38. The summed E-state index contributed by atoms with van der Waals surface area (Å²) in [5.41, 5.74) is -0.189. The smallest absolute Gasteiger partial charge is 0.281 e.